The molecule has 0 heterocycles. The van der Waals surface area contributed by atoms with Crippen LogP contribution in [-0.4, -0.2) is 19.2 Å². The molecule has 0 saturated heterocycles. The highest BCUT2D eigenvalue weighted by Gasteiger charge is 2.19. The van der Waals surface area contributed by atoms with Crippen molar-refractivity contribution in [1.82, 2.24) is 5.32 Å². The minimum atomic E-state index is 0.663. The van der Waals surface area contributed by atoms with E-state index in [0.29, 0.717) is 6.61 Å². The predicted molar refractivity (Wildman–Crippen MR) is 71.4 cm³/mol. The molecule has 0 amide bonds. The largest absolute Gasteiger partial charge is 0.377 e. The first-order valence-corrected chi connectivity index (χ1v) is 6.78. The summed E-state index contributed by atoms with van der Waals surface area (Å²) in [6.07, 6.45) is 5.06. The Bertz CT molecular complexity index is 339. The summed E-state index contributed by atoms with van der Waals surface area (Å²) in [6.45, 7) is 2.63. The van der Waals surface area contributed by atoms with E-state index in [2.05, 4.69) is 5.32 Å². The molecule has 2 nitrogen and oxygen atoms in total. The summed E-state index contributed by atoms with van der Waals surface area (Å²) in [5.74, 6) is 0. The van der Waals surface area contributed by atoms with Gasteiger partial charge in [-0.2, -0.15) is 0 Å². The standard InChI is InChI=1S/C14H20ClNO/c15-13-5-3-4-12(10-13)11-17-9-2-1-8-16-14-6-7-14/h3-5,10,14,16H,1-2,6-9,11H2. The second kappa shape index (κ2) is 7.00. The van der Waals surface area contributed by atoms with Crippen molar-refractivity contribution in [2.24, 2.45) is 0 Å². The Labute approximate surface area is 108 Å². The molecule has 1 aliphatic rings. The van der Waals surface area contributed by atoms with E-state index in [1.807, 2.05) is 24.3 Å². The van der Waals surface area contributed by atoms with Gasteiger partial charge in [0.1, 0.15) is 0 Å². The summed E-state index contributed by atoms with van der Waals surface area (Å²) < 4.78 is 5.61. The molecule has 1 saturated carbocycles. The number of nitrogens with one attached hydrogen (secondary N) is 1. The lowest BCUT2D eigenvalue weighted by Crippen LogP contribution is -2.17. The van der Waals surface area contributed by atoms with Gasteiger partial charge < -0.3 is 10.1 Å². The molecule has 3 heteroatoms. The number of hydrogen-bond donors (Lipinski definition) is 1. The summed E-state index contributed by atoms with van der Waals surface area (Å²) in [5.41, 5.74) is 1.15. The third-order valence-electron chi connectivity index (χ3n) is 2.88. The van der Waals surface area contributed by atoms with Crippen molar-refractivity contribution in [1.29, 1.82) is 0 Å². The molecule has 0 aromatic heterocycles. The Hall–Kier alpha value is -0.570. The summed E-state index contributed by atoms with van der Waals surface area (Å²) >= 11 is 5.90. The van der Waals surface area contributed by atoms with Crippen LogP contribution in [0, 0.1) is 0 Å². The zero-order valence-electron chi connectivity index (χ0n) is 10.1. The summed E-state index contributed by atoms with van der Waals surface area (Å²) in [5, 5.41) is 4.28. The van der Waals surface area contributed by atoms with E-state index in [4.69, 9.17) is 16.3 Å². The molecule has 2 rings (SSSR count). The van der Waals surface area contributed by atoms with Gasteiger partial charge in [-0.05, 0) is 49.9 Å². The topological polar surface area (TPSA) is 21.3 Å². The highest BCUT2D eigenvalue weighted by atomic mass is 35.5. The number of halogens is 1. The first-order chi connectivity index (χ1) is 8.34. The number of unbranched alkanes of at least 4 members (excludes halogenated alkanes) is 1. The van der Waals surface area contributed by atoms with E-state index in [-0.39, 0.29) is 0 Å². The fraction of sp³-hybridized carbons (Fsp3) is 0.571. The van der Waals surface area contributed by atoms with Crippen LogP contribution in [0.1, 0.15) is 31.2 Å². The zero-order valence-corrected chi connectivity index (χ0v) is 10.9. The predicted octanol–water partition coefficient (Wildman–Crippen LogP) is 3.39. The lowest BCUT2D eigenvalue weighted by molar-refractivity contribution is 0.117. The number of rotatable bonds is 8. The molecule has 0 radical (unpaired) electrons. The van der Waals surface area contributed by atoms with Gasteiger partial charge >= 0.3 is 0 Å². The highest BCUT2D eigenvalue weighted by molar-refractivity contribution is 6.30. The van der Waals surface area contributed by atoms with E-state index < -0.39 is 0 Å². The van der Waals surface area contributed by atoms with Crippen molar-refractivity contribution >= 4 is 11.6 Å². The number of ether oxygens (including phenoxy) is 1. The monoisotopic (exact) mass is 253 g/mol. The SMILES string of the molecule is Clc1cccc(COCCCCNC2CC2)c1. The Morgan fingerprint density at radius 2 is 2.18 bits per heavy atom. The highest BCUT2D eigenvalue weighted by Crippen LogP contribution is 2.18. The maximum Gasteiger partial charge on any atom is 0.0717 e. The molecule has 1 N–H and O–H groups in total. The molecule has 0 unspecified atom stereocenters. The van der Waals surface area contributed by atoms with Gasteiger partial charge in [0.15, 0.2) is 0 Å². The Morgan fingerprint density at radius 3 is 2.94 bits per heavy atom. The van der Waals surface area contributed by atoms with Crippen molar-refractivity contribution in [2.45, 2.75) is 38.3 Å². The van der Waals surface area contributed by atoms with E-state index >= 15 is 0 Å². The second-order valence-electron chi connectivity index (χ2n) is 4.62. The van der Waals surface area contributed by atoms with Gasteiger partial charge in [0.2, 0.25) is 0 Å². The molecular formula is C14H20ClNO. The smallest absolute Gasteiger partial charge is 0.0717 e. The lowest BCUT2D eigenvalue weighted by Gasteiger charge is -2.05. The minimum Gasteiger partial charge on any atom is -0.377 e. The minimum absolute atomic E-state index is 0.663. The normalized spacial score (nSPS) is 15.1. The summed E-state index contributed by atoms with van der Waals surface area (Å²) in [6, 6.07) is 8.66. The molecule has 0 spiro atoms. The van der Waals surface area contributed by atoms with Crippen LogP contribution < -0.4 is 5.32 Å². The van der Waals surface area contributed by atoms with Crippen LogP contribution in [0.15, 0.2) is 24.3 Å². The zero-order chi connectivity index (χ0) is 11.9. The van der Waals surface area contributed by atoms with Crippen LogP contribution in [0.3, 0.4) is 0 Å². The van der Waals surface area contributed by atoms with E-state index in [9.17, 15) is 0 Å². The molecule has 1 aromatic rings. The second-order valence-corrected chi connectivity index (χ2v) is 5.05. The Morgan fingerprint density at radius 1 is 1.29 bits per heavy atom. The third kappa shape index (κ3) is 5.53. The Kier molecular flexibility index (Phi) is 5.30. The van der Waals surface area contributed by atoms with Crippen LogP contribution in [0.5, 0.6) is 0 Å². The Balaban J connectivity index is 1.47. The maximum absolute atomic E-state index is 5.90. The summed E-state index contributed by atoms with van der Waals surface area (Å²) in [7, 11) is 0. The van der Waals surface area contributed by atoms with Crippen molar-refractivity contribution in [3.05, 3.63) is 34.9 Å². The van der Waals surface area contributed by atoms with Gasteiger partial charge in [0, 0.05) is 17.7 Å². The lowest BCUT2D eigenvalue weighted by atomic mass is 10.2. The van der Waals surface area contributed by atoms with Gasteiger partial charge in [-0.15, -0.1) is 0 Å². The summed E-state index contributed by atoms with van der Waals surface area (Å²) in [4.78, 5) is 0. The fourth-order valence-electron chi connectivity index (χ4n) is 1.74. The van der Waals surface area contributed by atoms with Crippen molar-refractivity contribution < 1.29 is 4.74 Å². The van der Waals surface area contributed by atoms with Gasteiger partial charge in [-0.25, -0.2) is 0 Å². The maximum atomic E-state index is 5.90. The van der Waals surface area contributed by atoms with E-state index in [1.165, 1.54) is 19.3 Å². The van der Waals surface area contributed by atoms with Crippen LogP contribution in [0.25, 0.3) is 0 Å². The van der Waals surface area contributed by atoms with Gasteiger partial charge in [-0.3, -0.25) is 0 Å². The molecule has 1 aromatic carbocycles. The molecule has 0 bridgehead atoms. The first kappa shape index (κ1) is 12.9. The molecule has 1 fully saturated rings. The van der Waals surface area contributed by atoms with E-state index in [1.54, 1.807) is 0 Å². The van der Waals surface area contributed by atoms with Crippen molar-refractivity contribution in [2.75, 3.05) is 13.2 Å². The molecular weight excluding hydrogens is 234 g/mol. The average Bonchev–Trinajstić information content (AvgIpc) is 3.12. The van der Waals surface area contributed by atoms with Crippen LogP contribution >= 0.6 is 11.6 Å². The van der Waals surface area contributed by atoms with Crippen LogP contribution in [0.4, 0.5) is 0 Å². The first-order valence-electron chi connectivity index (χ1n) is 6.40. The third-order valence-corrected chi connectivity index (χ3v) is 3.12. The average molecular weight is 254 g/mol. The molecule has 0 aliphatic heterocycles. The molecule has 0 atom stereocenters. The van der Waals surface area contributed by atoms with E-state index in [0.717, 1.165) is 36.2 Å². The van der Waals surface area contributed by atoms with Gasteiger partial charge in [0.05, 0.1) is 6.61 Å². The molecule has 1 aliphatic carbocycles. The van der Waals surface area contributed by atoms with Crippen molar-refractivity contribution in [3.63, 3.8) is 0 Å². The molecule has 17 heavy (non-hydrogen) atoms. The van der Waals surface area contributed by atoms with Gasteiger partial charge in [0.25, 0.3) is 0 Å². The quantitative estimate of drug-likeness (QED) is 0.717. The van der Waals surface area contributed by atoms with Gasteiger partial charge in [-0.1, -0.05) is 23.7 Å². The van der Waals surface area contributed by atoms with Crippen LogP contribution in [-0.2, 0) is 11.3 Å². The number of benzene rings is 1. The fourth-order valence-corrected chi connectivity index (χ4v) is 1.95. The van der Waals surface area contributed by atoms with Crippen LogP contribution in [0.2, 0.25) is 5.02 Å². The van der Waals surface area contributed by atoms with Crippen molar-refractivity contribution in [3.8, 4) is 0 Å². The molecule has 94 valence electrons. The number of hydrogen-bond acceptors (Lipinski definition) is 2.